The van der Waals surface area contributed by atoms with Crippen LogP contribution < -0.4 is 24.8 Å². The zero-order valence-corrected chi connectivity index (χ0v) is 19.1. The molecule has 0 saturated carbocycles. The van der Waals surface area contributed by atoms with Crippen molar-refractivity contribution in [2.24, 2.45) is 0 Å². The number of hydrogen-bond acceptors (Lipinski definition) is 7. The maximum Gasteiger partial charge on any atom is 0.203 e. The Hall–Kier alpha value is -3.45. The van der Waals surface area contributed by atoms with E-state index in [0.29, 0.717) is 23.1 Å². The highest BCUT2D eigenvalue weighted by Gasteiger charge is 2.17. The van der Waals surface area contributed by atoms with Gasteiger partial charge in [0.2, 0.25) is 5.75 Å². The molecule has 7 nitrogen and oxygen atoms in total. The molecule has 0 radical (unpaired) electrons. The summed E-state index contributed by atoms with van der Waals surface area (Å²) in [5.74, 6) is 2.13. The number of benzene rings is 2. The van der Waals surface area contributed by atoms with Crippen LogP contribution in [0.2, 0.25) is 0 Å². The second-order valence-electron chi connectivity index (χ2n) is 7.91. The van der Waals surface area contributed by atoms with E-state index in [1.165, 1.54) is 5.69 Å². The predicted octanol–water partition coefficient (Wildman–Crippen LogP) is 3.78. The fourth-order valence-electron chi connectivity index (χ4n) is 4.03. The number of rotatable bonds is 6. The lowest BCUT2D eigenvalue weighted by Crippen LogP contribution is -2.44. The van der Waals surface area contributed by atoms with Crippen molar-refractivity contribution in [2.45, 2.75) is 0 Å². The van der Waals surface area contributed by atoms with E-state index in [-0.39, 0.29) is 0 Å². The van der Waals surface area contributed by atoms with Crippen molar-refractivity contribution in [3.8, 4) is 39.5 Å². The van der Waals surface area contributed by atoms with E-state index in [0.717, 1.165) is 48.4 Å². The number of pyridine rings is 1. The minimum Gasteiger partial charge on any atom is -0.493 e. The minimum atomic E-state index is 0.442. The third-order valence-corrected chi connectivity index (χ3v) is 5.96. The average molecular weight is 435 g/mol. The fourth-order valence-corrected chi connectivity index (χ4v) is 4.03. The van der Waals surface area contributed by atoms with Gasteiger partial charge in [-0.05, 0) is 48.5 Å². The van der Waals surface area contributed by atoms with E-state index >= 15 is 0 Å². The Bertz CT molecular complexity index is 1050. The molecule has 2 N–H and O–H groups in total. The summed E-state index contributed by atoms with van der Waals surface area (Å²) in [5.41, 5.74) is 11.2. The normalized spacial score (nSPS) is 14.3. The molecule has 0 bridgehead atoms. The van der Waals surface area contributed by atoms with Gasteiger partial charge in [-0.3, -0.25) is 0 Å². The number of nitrogens with two attached hydrogens (primary N) is 1. The van der Waals surface area contributed by atoms with Crippen LogP contribution in [0, 0.1) is 0 Å². The van der Waals surface area contributed by atoms with E-state index in [2.05, 4.69) is 46.1 Å². The Balaban J connectivity index is 1.66. The molecule has 1 saturated heterocycles. The lowest BCUT2D eigenvalue weighted by molar-refractivity contribution is 0.313. The molecule has 3 aromatic rings. The van der Waals surface area contributed by atoms with Crippen LogP contribution >= 0.6 is 0 Å². The maximum absolute atomic E-state index is 6.25. The van der Waals surface area contributed by atoms with Gasteiger partial charge in [0.15, 0.2) is 11.5 Å². The van der Waals surface area contributed by atoms with Crippen LogP contribution in [-0.2, 0) is 0 Å². The molecule has 2 heterocycles. The van der Waals surface area contributed by atoms with Crippen LogP contribution in [0.25, 0.3) is 22.3 Å². The number of piperazine rings is 1. The monoisotopic (exact) mass is 434 g/mol. The molecule has 4 rings (SSSR count). The lowest BCUT2D eigenvalue weighted by atomic mass is 10.00. The van der Waals surface area contributed by atoms with E-state index in [1.54, 1.807) is 21.3 Å². The van der Waals surface area contributed by atoms with Crippen LogP contribution in [0.5, 0.6) is 17.2 Å². The lowest BCUT2D eigenvalue weighted by Gasteiger charge is -2.34. The summed E-state index contributed by atoms with van der Waals surface area (Å²) in [6.07, 6.45) is 1.81. The van der Waals surface area contributed by atoms with E-state index < -0.39 is 0 Å². The molecule has 0 spiro atoms. The smallest absolute Gasteiger partial charge is 0.203 e. The first-order chi connectivity index (χ1) is 15.5. The Kier molecular flexibility index (Phi) is 6.37. The topological polar surface area (TPSA) is 73.1 Å². The number of anilines is 2. The van der Waals surface area contributed by atoms with E-state index in [4.69, 9.17) is 19.9 Å². The first-order valence-electron chi connectivity index (χ1n) is 10.6. The number of hydrogen-bond donors (Lipinski definition) is 1. The zero-order chi connectivity index (χ0) is 22.7. The Morgan fingerprint density at radius 1 is 0.781 bits per heavy atom. The highest BCUT2D eigenvalue weighted by Crippen LogP contribution is 2.42. The van der Waals surface area contributed by atoms with Gasteiger partial charge in [0.1, 0.15) is 5.82 Å². The van der Waals surface area contributed by atoms with Crippen LogP contribution in [0.15, 0.2) is 48.7 Å². The molecular weight excluding hydrogens is 404 g/mol. The molecule has 0 aliphatic carbocycles. The molecule has 1 aliphatic rings. The number of nitrogen functional groups attached to an aromatic ring is 1. The van der Waals surface area contributed by atoms with Crippen LogP contribution in [0.4, 0.5) is 11.5 Å². The van der Waals surface area contributed by atoms with Crippen molar-refractivity contribution in [1.29, 1.82) is 0 Å². The van der Waals surface area contributed by atoms with E-state index in [1.807, 2.05) is 24.4 Å². The summed E-state index contributed by atoms with van der Waals surface area (Å²) in [6, 6.07) is 14.4. The van der Waals surface area contributed by atoms with Crippen molar-refractivity contribution in [1.82, 2.24) is 9.88 Å². The molecule has 1 fully saturated rings. The largest absolute Gasteiger partial charge is 0.493 e. The van der Waals surface area contributed by atoms with Crippen molar-refractivity contribution in [3.63, 3.8) is 0 Å². The Morgan fingerprint density at radius 3 is 1.97 bits per heavy atom. The zero-order valence-electron chi connectivity index (χ0n) is 19.1. The predicted molar refractivity (Wildman–Crippen MR) is 129 cm³/mol. The van der Waals surface area contributed by atoms with Gasteiger partial charge in [-0.1, -0.05) is 12.1 Å². The highest BCUT2D eigenvalue weighted by molar-refractivity contribution is 5.82. The molecule has 7 heteroatoms. The minimum absolute atomic E-state index is 0.442. The average Bonchev–Trinajstić information content (AvgIpc) is 2.84. The SMILES string of the molecule is COc1cc(-c2cc(-c3ccc(N4CCN(C)CC4)cc3)cnc2N)cc(OC)c1OC. The van der Waals surface area contributed by atoms with Gasteiger partial charge in [0, 0.05) is 49.2 Å². The number of methoxy groups -OCH3 is 3. The molecule has 1 aliphatic heterocycles. The third kappa shape index (κ3) is 4.29. The number of aromatic nitrogens is 1. The molecule has 32 heavy (non-hydrogen) atoms. The van der Waals surface area contributed by atoms with Crippen molar-refractivity contribution < 1.29 is 14.2 Å². The molecule has 0 atom stereocenters. The van der Waals surface area contributed by atoms with Crippen LogP contribution in [-0.4, -0.2) is 64.4 Å². The third-order valence-electron chi connectivity index (χ3n) is 5.96. The number of ether oxygens (including phenoxy) is 3. The number of nitrogens with zero attached hydrogens (tertiary/aromatic N) is 3. The summed E-state index contributed by atoms with van der Waals surface area (Å²) in [7, 11) is 6.95. The van der Waals surface area contributed by atoms with Gasteiger partial charge in [-0.15, -0.1) is 0 Å². The van der Waals surface area contributed by atoms with Crippen molar-refractivity contribution in [3.05, 3.63) is 48.7 Å². The first kappa shape index (κ1) is 21.8. The summed E-state index contributed by atoms with van der Waals surface area (Å²) < 4.78 is 16.4. The van der Waals surface area contributed by atoms with Crippen molar-refractivity contribution >= 4 is 11.5 Å². The van der Waals surface area contributed by atoms with Gasteiger partial charge in [-0.25, -0.2) is 4.98 Å². The van der Waals surface area contributed by atoms with Gasteiger partial charge in [0.25, 0.3) is 0 Å². The quantitative estimate of drug-likeness (QED) is 0.633. The Labute approximate surface area is 189 Å². The summed E-state index contributed by atoms with van der Waals surface area (Å²) in [6.45, 7) is 4.26. The van der Waals surface area contributed by atoms with Gasteiger partial charge < -0.3 is 29.7 Å². The second-order valence-corrected chi connectivity index (χ2v) is 7.91. The van der Waals surface area contributed by atoms with Gasteiger partial charge in [0.05, 0.1) is 21.3 Å². The Morgan fingerprint density at radius 2 is 1.41 bits per heavy atom. The van der Waals surface area contributed by atoms with Crippen LogP contribution in [0.3, 0.4) is 0 Å². The fraction of sp³-hybridized carbons (Fsp3) is 0.320. The van der Waals surface area contributed by atoms with Crippen molar-refractivity contribution in [2.75, 3.05) is 65.2 Å². The van der Waals surface area contributed by atoms with E-state index in [9.17, 15) is 0 Å². The molecule has 0 unspecified atom stereocenters. The molecule has 1 aromatic heterocycles. The molecule has 0 amide bonds. The summed E-state index contributed by atoms with van der Waals surface area (Å²) in [4.78, 5) is 9.23. The second kappa shape index (κ2) is 9.36. The molecular formula is C25H30N4O3. The standard InChI is InChI=1S/C25H30N4O3/c1-28-9-11-29(12-10-28)20-7-5-17(6-8-20)19-13-21(25(26)27-16-19)18-14-22(30-2)24(32-4)23(15-18)31-3/h5-8,13-16H,9-12H2,1-4H3,(H2,26,27). The maximum atomic E-state index is 6.25. The number of likely N-dealkylation sites (N-methyl/N-ethyl adjacent to an activating group) is 1. The van der Waals surface area contributed by atoms with Gasteiger partial charge in [-0.2, -0.15) is 0 Å². The summed E-state index contributed by atoms with van der Waals surface area (Å²) in [5, 5.41) is 0. The first-order valence-corrected chi connectivity index (χ1v) is 10.6. The molecule has 168 valence electrons. The molecule has 2 aromatic carbocycles. The highest BCUT2D eigenvalue weighted by atomic mass is 16.5. The van der Waals surface area contributed by atoms with Gasteiger partial charge >= 0.3 is 0 Å². The van der Waals surface area contributed by atoms with Crippen LogP contribution in [0.1, 0.15) is 0 Å². The summed E-state index contributed by atoms with van der Waals surface area (Å²) >= 11 is 0.